The molecule has 0 saturated heterocycles. The van der Waals surface area contributed by atoms with Crippen molar-refractivity contribution in [1.82, 2.24) is 15.0 Å². The molecule has 2 N–H and O–H groups in total. The molecule has 2 aromatic heterocycles. The predicted octanol–water partition coefficient (Wildman–Crippen LogP) is 2.65. The highest BCUT2D eigenvalue weighted by atomic mass is 32.1. The van der Waals surface area contributed by atoms with Gasteiger partial charge in [0, 0.05) is 0 Å². The van der Waals surface area contributed by atoms with Crippen molar-refractivity contribution in [2.45, 2.75) is 33.6 Å². The number of anilines is 1. The molecule has 0 amide bonds. The second kappa shape index (κ2) is 5.60. The number of rotatable bonds is 1. The van der Waals surface area contributed by atoms with Crippen LogP contribution in [0.1, 0.15) is 32.2 Å². The molecule has 4 nitrogen and oxygen atoms in total. The quantitative estimate of drug-likeness (QED) is 0.808. The smallest absolute Gasteiger partial charge is 0.154 e. The van der Waals surface area contributed by atoms with Gasteiger partial charge in [-0.3, -0.25) is 0 Å². The fourth-order valence-electron chi connectivity index (χ4n) is 0.965. The third-order valence-electron chi connectivity index (χ3n) is 1.57. The summed E-state index contributed by atoms with van der Waals surface area (Å²) in [6.07, 6.45) is 3.63. The molecule has 0 atom stereocenters. The van der Waals surface area contributed by atoms with E-state index in [1.165, 1.54) is 12.7 Å². The first-order valence-corrected chi connectivity index (χ1v) is 5.90. The molecule has 0 radical (unpaired) electrons. The summed E-state index contributed by atoms with van der Waals surface area (Å²) >= 11 is 1.57. The van der Waals surface area contributed by atoms with Crippen LogP contribution in [0.25, 0.3) is 10.3 Å². The summed E-state index contributed by atoms with van der Waals surface area (Å²) in [4.78, 5) is 13.1. The minimum absolute atomic E-state index is 0.468. The van der Waals surface area contributed by atoms with Gasteiger partial charge in [0.05, 0.1) is 5.01 Å². The minimum Gasteiger partial charge on any atom is -0.382 e. The van der Waals surface area contributed by atoms with Gasteiger partial charge in [-0.15, -0.1) is 0 Å². The Hall–Kier alpha value is -1.23. The van der Waals surface area contributed by atoms with Gasteiger partial charge in [-0.25, -0.2) is 15.0 Å². The Morgan fingerprint density at radius 1 is 1.27 bits per heavy atom. The van der Waals surface area contributed by atoms with E-state index in [2.05, 4.69) is 35.7 Å². The Labute approximate surface area is 93.6 Å². The average Bonchev–Trinajstić information content (AvgIpc) is 2.63. The molecule has 0 saturated carbocycles. The molecule has 0 fully saturated rings. The SMILES string of the molecule is CCC.CCc1nc2c(N)ncnc2s1. The van der Waals surface area contributed by atoms with Gasteiger partial charge in [0.25, 0.3) is 0 Å². The van der Waals surface area contributed by atoms with Crippen LogP contribution in [0.5, 0.6) is 0 Å². The van der Waals surface area contributed by atoms with Crippen molar-refractivity contribution in [1.29, 1.82) is 0 Å². The molecule has 15 heavy (non-hydrogen) atoms. The average molecular weight is 224 g/mol. The molecule has 2 heterocycles. The maximum atomic E-state index is 5.62. The van der Waals surface area contributed by atoms with Crippen LogP contribution in [0.3, 0.4) is 0 Å². The number of nitrogens with zero attached hydrogens (tertiary/aromatic N) is 3. The van der Waals surface area contributed by atoms with E-state index in [0.717, 1.165) is 21.8 Å². The molecular formula is C10H16N4S. The zero-order valence-electron chi connectivity index (χ0n) is 9.32. The molecular weight excluding hydrogens is 208 g/mol. The monoisotopic (exact) mass is 224 g/mol. The normalized spacial score (nSPS) is 9.80. The Balaban J connectivity index is 0.000000337. The molecule has 2 rings (SSSR count). The minimum atomic E-state index is 0.468. The van der Waals surface area contributed by atoms with Crippen molar-refractivity contribution in [2.75, 3.05) is 5.73 Å². The molecule has 82 valence electrons. The maximum Gasteiger partial charge on any atom is 0.154 e. The van der Waals surface area contributed by atoms with Crippen molar-refractivity contribution >= 4 is 27.5 Å². The summed E-state index contributed by atoms with van der Waals surface area (Å²) < 4.78 is 0. The number of thiazole rings is 1. The lowest BCUT2D eigenvalue weighted by Crippen LogP contribution is -1.91. The highest BCUT2D eigenvalue weighted by Gasteiger charge is 2.05. The molecule has 5 heteroatoms. The first-order valence-electron chi connectivity index (χ1n) is 5.08. The number of fused-ring (bicyclic) bond motifs is 1. The number of aryl methyl sites for hydroxylation is 1. The zero-order valence-corrected chi connectivity index (χ0v) is 10.1. The molecule has 0 aliphatic rings. The Morgan fingerprint density at radius 2 is 1.93 bits per heavy atom. The van der Waals surface area contributed by atoms with Gasteiger partial charge in [0.1, 0.15) is 16.7 Å². The van der Waals surface area contributed by atoms with Gasteiger partial charge < -0.3 is 5.73 Å². The lowest BCUT2D eigenvalue weighted by atomic mass is 10.5. The van der Waals surface area contributed by atoms with E-state index in [9.17, 15) is 0 Å². The van der Waals surface area contributed by atoms with Crippen molar-refractivity contribution in [3.05, 3.63) is 11.3 Å². The number of hydrogen-bond donors (Lipinski definition) is 1. The topological polar surface area (TPSA) is 64.7 Å². The first kappa shape index (κ1) is 11.8. The first-order chi connectivity index (χ1) is 7.22. The van der Waals surface area contributed by atoms with E-state index in [1.54, 1.807) is 11.3 Å². The van der Waals surface area contributed by atoms with Crippen LogP contribution in [0, 0.1) is 0 Å². The molecule has 2 aromatic rings. The van der Waals surface area contributed by atoms with E-state index < -0.39 is 0 Å². The van der Waals surface area contributed by atoms with Crippen LogP contribution in [0.15, 0.2) is 6.33 Å². The van der Waals surface area contributed by atoms with Gasteiger partial charge >= 0.3 is 0 Å². The fraction of sp³-hybridized carbons (Fsp3) is 0.500. The van der Waals surface area contributed by atoms with Crippen molar-refractivity contribution in [3.8, 4) is 0 Å². The second-order valence-electron chi connectivity index (χ2n) is 3.08. The Bertz CT molecular complexity index is 424. The van der Waals surface area contributed by atoms with E-state index in [0.29, 0.717) is 5.82 Å². The van der Waals surface area contributed by atoms with Gasteiger partial charge in [-0.2, -0.15) is 0 Å². The van der Waals surface area contributed by atoms with Crippen LogP contribution in [-0.2, 0) is 6.42 Å². The third kappa shape index (κ3) is 2.86. The zero-order chi connectivity index (χ0) is 11.3. The van der Waals surface area contributed by atoms with Crippen molar-refractivity contribution in [3.63, 3.8) is 0 Å². The largest absolute Gasteiger partial charge is 0.382 e. The number of nitrogens with two attached hydrogens (primary N) is 1. The van der Waals surface area contributed by atoms with Crippen LogP contribution >= 0.6 is 11.3 Å². The highest BCUT2D eigenvalue weighted by molar-refractivity contribution is 7.18. The highest BCUT2D eigenvalue weighted by Crippen LogP contribution is 2.22. The summed E-state index contributed by atoms with van der Waals surface area (Å²) in [5, 5.41) is 1.05. The summed E-state index contributed by atoms with van der Waals surface area (Å²) in [7, 11) is 0. The number of aromatic nitrogens is 3. The van der Waals surface area contributed by atoms with Gasteiger partial charge in [-0.1, -0.05) is 38.5 Å². The van der Waals surface area contributed by atoms with Crippen LogP contribution in [-0.4, -0.2) is 15.0 Å². The van der Waals surface area contributed by atoms with Crippen LogP contribution in [0.2, 0.25) is 0 Å². The van der Waals surface area contributed by atoms with Crippen LogP contribution in [0.4, 0.5) is 5.82 Å². The Kier molecular flexibility index (Phi) is 4.42. The number of hydrogen-bond acceptors (Lipinski definition) is 5. The molecule has 0 aliphatic carbocycles. The molecule has 0 bridgehead atoms. The predicted molar refractivity (Wildman–Crippen MR) is 65.0 cm³/mol. The summed E-state index contributed by atoms with van der Waals surface area (Å²) in [5.41, 5.74) is 6.35. The van der Waals surface area contributed by atoms with Gasteiger partial charge in [0.2, 0.25) is 0 Å². The van der Waals surface area contributed by atoms with Crippen molar-refractivity contribution in [2.24, 2.45) is 0 Å². The van der Waals surface area contributed by atoms with E-state index >= 15 is 0 Å². The van der Waals surface area contributed by atoms with E-state index in [4.69, 9.17) is 5.73 Å². The molecule has 0 aromatic carbocycles. The summed E-state index contributed by atoms with van der Waals surface area (Å²) in [6, 6.07) is 0. The number of nitrogen functional groups attached to an aromatic ring is 1. The maximum absolute atomic E-state index is 5.62. The Morgan fingerprint density at radius 3 is 2.47 bits per heavy atom. The molecule has 0 spiro atoms. The van der Waals surface area contributed by atoms with Gasteiger partial charge in [0.15, 0.2) is 5.82 Å². The third-order valence-corrected chi connectivity index (χ3v) is 2.68. The fourth-order valence-corrected chi connectivity index (χ4v) is 1.82. The van der Waals surface area contributed by atoms with Crippen molar-refractivity contribution < 1.29 is 0 Å². The lowest BCUT2D eigenvalue weighted by Gasteiger charge is -1.88. The van der Waals surface area contributed by atoms with E-state index in [1.807, 2.05) is 0 Å². The van der Waals surface area contributed by atoms with E-state index in [-0.39, 0.29) is 0 Å². The standard InChI is InChI=1S/C7H8N4S.C3H8/c1-2-4-11-5-6(8)9-3-10-7(5)12-4;1-3-2/h3H,2H2,1H3,(H2,8,9,10);3H2,1-2H3. The summed E-state index contributed by atoms with van der Waals surface area (Å²) in [5.74, 6) is 0.468. The lowest BCUT2D eigenvalue weighted by molar-refractivity contribution is 1.09. The molecule has 0 aliphatic heterocycles. The summed E-state index contributed by atoms with van der Waals surface area (Å²) in [6.45, 7) is 6.31. The van der Waals surface area contributed by atoms with Crippen LogP contribution < -0.4 is 5.73 Å². The molecule has 0 unspecified atom stereocenters. The van der Waals surface area contributed by atoms with Gasteiger partial charge in [-0.05, 0) is 6.42 Å². The second-order valence-corrected chi connectivity index (χ2v) is 4.14.